The maximum Gasteiger partial charge on any atom is 0.413 e. The molecule has 0 aromatic carbocycles. The fourth-order valence-electron chi connectivity index (χ4n) is 6.59. The number of nitrogens with two attached hydrogens (primary N) is 1. The van der Waals surface area contributed by atoms with E-state index >= 15 is 0 Å². The summed E-state index contributed by atoms with van der Waals surface area (Å²) in [6, 6.07) is 0. The summed E-state index contributed by atoms with van der Waals surface area (Å²) in [7, 11) is 6.96. The van der Waals surface area contributed by atoms with Gasteiger partial charge in [-0.05, 0) is 149 Å². The van der Waals surface area contributed by atoms with Crippen molar-refractivity contribution in [1.29, 1.82) is 0 Å². The number of ether oxygens (including phenoxy) is 7. The minimum atomic E-state index is -0.856. The zero-order valence-electron chi connectivity index (χ0n) is 63.7. The van der Waals surface area contributed by atoms with Gasteiger partial charge in [-0.2, -0.15) is 0 Å². The molecule has 33 nitrogen and oxygen atoms in total. The van der Waals surface area contributed by atoms with Gasteiger partial charge in [-0.25, -0.2) is 58.7 Å². The summed E-state index contributed by atoms with van der Waals surface area (Å²) < 4.78 is 35.1. The number of aldehydes is 1. The van der Waals surface area contributed by atoms with E-state index in [9.17, 15) is 52.7 Å². The van der Waals surface area contributed by atoms with Gasteiger partial charge in [0.15, 0.2) is 37.1 Å². The Morgan fingerprint density at radius 3 is 0.964 bits per heavy atom. The van der Waals surface area contributed by atoms with Crippen LogP contribution in [0.25, 0.3) is 6.08 Å². The molecule has 0 spiro atoms. The fraction of sp³-hybridized carbons (Fsp3) is 0.575. The van der Waals surface area contributed by atoms with Gasteiger partial charge in [0.2, 0.25) is 11.8 Å². The van der Waals surface area contributed by atoms with Gasteiger partial charge in [0.25, 0.3) is 0 Å². The Morgan fingerprint density at radius 2 is 0.688 bits per heavy atom. The molecule has 0 fully saturated rings. The maximum atomic E-state index is 11.6. The first-order valence-corrected chi connectivity index (χ1v) is 37.5. The van der Waals surface area contributed by atoms with Crippen molar-refractivity contribution in [2.24, 2.45) is 0 Å². The molecule has 636 valence electrons. The second-order valence-electron chi connectivity index (χ2n) is 26.8. The number of hydrogen-bond donors (Lipinski definition) is 7. The van der Waals surface area contributed by atoms with E-state index in [1.807, 2.05) is 0 Å². The molecule has 6 heterocycles. The number of thiazole rings is 6. The summed E-state index contributed by atoms with van der Waals surface area (Å²) in [6.45, 7) is 30.9. The first-order chi connectivity index (χ1) is 49.0. The Balaban J connectivity index is -0.000000299. The Kier molecular flexibility index (Phi) is 56.8. The topological polar surface area (TPSA) is 443 Å². The van der Waals surface area contributed by atoms with Crippen molar-refractivity contribution >= 4 is 171 Å². The molecule has 0 bridgehead atoms. The zero-order chi connectivity index (χ0) is 80.8. The van der Waals surface area contributed by atoms with E-state index in [1.165, 1.54) is 69.0 Å². The van der Waals surface area contributed by atoms with Crippen LogP contribution in [-0.4, -0.2) is 181 Å². The summed E-state index contributed by atoms with van der Waals surface area (Å²) in [6.07, 6.45) is 13.9. The van der Waals surface area contributed by atoms with E-state index in [2.05, 4.69) is 56.5 Å². The SMILES string of the molecule is C.C.C.C.C.C.CC(C)(C)OC(=O)Nc1ncc(C=O)s1.CC(C)(C)OC(=O)Nc1ncc(CCC(=O)O)s1.CCOC(=O)/C=C/c1cnc(NC(=O)OC(C)(C)C)s1.CCOC(=O)CCc1cnc(NC(=O)OC(C)(C)C)s1.CN(C)C(=O)CCc1cnc(N)s1.CN(C)C(=O)CCc1cnc(NC(=O)OC(C)(C)C)s1. The highest BCUT2D eigenvalue weighted by atomic mass is 32.1. The Hall–Kier alpha value is -9.31. The van der Waals surface area contributed by atoms with E-state index < -0.39 is 70.4 Å². The first kappa shape index (κ1) is 114. The van der Waals surface area contributed by atoms with Crippen LogP contribution in [0.15, 0.2) is 43.3 Å². The molecule has 0 aliphatic rings. The van der Waals surface area contributed by atoms with Crippen molar-refractivity contribution < 1.29 is 91.0 Å². The van der Waals surface area contributed by atoms with E-state index in [-0.39, 0.29) is 68.8 Å². The van der Waals surface area contributed by atoms with Gasteiger partial charge in [-0.3, -0.25) is 50.6 Å². The van der Waals surface area contributed by atoms with Crippen LogP contribution in [0.5, 0.6) is 0 Å². The van der Waals surface area contributed by atoms with E-state index in [4.69, 9.17) is 44.0 Å². The molecule has 6 aromatic heterocycles. The minimum Gasteiger partial charge on any atom is -0.481 e. The Labute approximate surface area is 685 Å². The summed E-state index contributed by atoms with van der Waals surface area (Å²) >= 11 is 7.67. The molecule has 0 aliphatic carbocycles. The molecule has 7 amide bonds. The summed E-state index contributed by atoms with van der Waals surface area (Å²) in [5.41, 5.74) is 2.70. The second kappa shape index (κ2) is 56.0. The van der Waals surface area contributed by atoms with Crippen LogP contribution in [0.4, 0.5) is 54.8 Å². The lowest BCUT2D eigenvalue weighted by Crippen LogP contribution is -2.27. The predicted molar refractivity (Wildman–Crippen MR) is 453 cm³/mol. The van der Waals surface area contributed by atoms with Gasteiger partial charge in [0.05, 0.1) is 37.1 Å². The normalized spacial score (nSPS) is 10.4. The number of carbonyl (C=O) groups is 11. The van der Waals surface area contributed by atoms with Crippen LogP contribution >= 0.6 is 68.0 Å². The number of carboxylic acids is 1. The average molecular weight is 1690 g/mol. The number of aryl methyl sites for hydroxylation is 4. The standard InChI is InChI=1S/C13H21N3O3S.C13H20N2O4S.C13H18N2O4S.C11H16N2O4S.C9H12N2O3S.C8H13N3OS.6CH4/c1-13(2,3)19-12(18)15-11-14-8-9(20-11)6-7-10(17)16(4)5;2*1-5-18-10(16)7-6-9-8-14-11(20-9)15-12(17)19-13(2,3)4;1-11(2,3)17-10(16)13-9-12-6-7(18-9)4-5-8(14)15;1-9(2,3)14-8(13)11-7-10-4-6(5-12)15-7;1-11(2)7(12)4-3-6-5-10-8(9)13-6;;;;;;/h8H,6-7H2,1-5H3,(H,14,15,18);8H,5-7H2,1-4H3,(H,14,15,17);6-8H,5H2,1-4H3,(H,14,15,17);6H,4-5H2,1-3H3,(H,14,15)(H,12,13,16);4-5H,1-3H3,(H,10,11,13);5H,3-4H2,1-2H3,(H2,9,10);6*1H4/b;;7-6+;;;;;;;;;. The number of carbonyl (C=O) groups excluding carboxylic acids is 10. The third-order valence-electron chi connectivity index (χ3n) is 10.7. The van der Waals surface area contributed by atoms with Gasteiger partial charge in [-0.15, -0.1) is 45.3 Å². The number of nitrogens with one attached hydrogen (secondary N) is 5. The number of amides is 7. The van der Waals surface area contributed by atoms with Crippen LogP contribution < -0.4 is 32.3 Å². The molecule has 0 saturated heterocycles. The lowest BCUT2D eigenvalue weighted by Gasteiger charge is -2.18. The van der Waals surface area contributed by atoms with Gasteiger partial charge in [-0.1, -0.05) is 67.2 Å². The monoisotopic (exact) mass is 1690 g/mol. The Bertz CT molecular complexity index is 3790. The number of carboxylic acid groups (broad SMARTS) is 1. The van der Waals surface area contributed by atoms with Crippen LogP contribution in [0.1, 0.15) is 222 Å². The molecule has 6 rings (SSSR count). The molecule has 0 unspecified atom stereocenters. The molecule has 112 heavy (non-hydrogen) atoms. The van der Waals surface area contributed by atoms with E-state index in [0.29, 0.717) is 93.7 Å². The lowest BCUT2D eigenvalue weighted by atomic mass is 10.2. The van der Waals surface area contributed by atoms with Crippen LogP contribution in [0.3, 0.4) is 0 Å². The summed E-state index contributed by atoms with van der Waals surface area (Å²) in [5, 5.41) is 23.8. The number of nitrogen functional groups attached to an aromatic ring is 1. The number of anilines is 6. The van der Waals surface area contributed by atoms with Gasteiger partial charge in [0, 0.05) is 102 Å². The number of hydrogen-bond acceptors (Lipinski definition) is 31. The smallest absolute Gasteiger partial charge is 0.413 e. The van der Waals surface area contributed by atoms with Crippen molar-refractivity contribution in [1.82, 2.24) is 39.7 Å². The quantitative estimate of drug-likeness (QED) is 0.0144. The third-order valence-corrected chi connectivity index (χ3v) is 16.3. The Morgan fingerprint density at radius 1 is 0.411 bits per heavy atom. The van der Waals surface area contributed by atoms with Crippen molar-refractivity contribution in [3.8, 4) is 0 Å². The number of aliphatic carboxylic acids is 1. The highest BCUT2D eigenvalue weighted by molar-refractivity contribution is 7.18. The van der Waals surface area contributed by atoms with Gasteiger partial charge >= 0.3 is 48.4 Å². The van der Waals surface area contributed by atoms with Gasteiger partial charge < -0.3 is 53.8 Å². The molecule has 0 atom stereocenters. The lowest BCUT2D eigenvalue weighted by molar-refractivity contribution is -0.143. The van der Waals surface area contributed by atoms with Crippen LogP contribution in [-0.2, 0) is 82.8 Å². The molecular weight excluding hydrogens is 1570 g/mol. The number of nitrogens with zero attached hydrogens (tertiary/aromatic N) is 8. The van der Waals surface area contributed by atoms with Crippen molar-refractivity contribution in [2.45, 2.75) is 242 Å². The largest absolute Gasteiger partial charge is 0.481 e. The molecule has 0 radical (unpaired) electrons. The number of esters is 2. The van der Waals surface area contributed by atoms with E-state index in [1.54, 1.807) is 193 Å². The van der Waals surface area contributed by atoms with Gasteiger partial charge in [0.1, 0.15) is 28.0 Å². The molecule has 6 aromatic rings. The van der Waals surface area contributed by atoms with Crippen molar-refractivity contribution in [2.75, 3.05) is 73.7 Å². The van der Waals surface area contributed by atoms with Crippen LogP contribution in [0, 0.1) is 0 Å². The first-order valence-electron chi connectivity index (χ1n) is 32.6. The van der Waals surface area contributed by atoms with Crippen molar-refractivity contribution in [3.05, 3.63) is 72.5 Å². The molecular formula is C73H124N14O19S6. The molecule has 8 N–H and O–H groups in total. The molecule has 39 heteroatoms. The third kappa shape index (κ3) is 58.6. The molecule has 0 aliphatic heterocycles. The zero-order valence-corrected chi connectivity index (χ0v) is 68.6. The van der Waals surface area contributed by atoms with Crippen LogP contribution in [0.2, 0.25) is 0 Å². The fourth-order valence-corrected chi connectivity index (χ4v) is 11.0. The maximum absolute atomic E-state index is 11.6. The highest BCUT2D eigenvalue weighted by Gasteiger charge is 2.23. The highest BCUT2D eigenvalue weighted by Crippen LogP contribution is 2.26. The number of aromatic nitrogens is 6. The summed E-state index contributed by atoms with van der Waals surface area (Å²) in [5.74, 6) is -1.30. The number of rotatable bonds is 22. The predicted octanol–water partition coefficient (Wildman–Crippen LogP) is 17.9. The second-order valence-corrected chi connectivity index (χ2v) is 33.4. The summed E-state index contributed by atoms with van der Waals surface area (Å²) in [4.78, 5) is 155. The van der Waals surface area contributed by atoms with E-state index in [0.717, 1.165) is 42.1 Å². The average Bonchev–Trinajstić information content (AvgIpc) is 1.77. The van der Waals surface area contributed by atoms with Crippen molar-refractivity contribution in [3.63, 3.8) is 0 Å². The molecule has 0 saturated carbocycles. The minimum absolute atomic E-state index is 0.